The number of aromatic nitrogens is 2. The molecule has 0 saturated carbocycles. The van der Waals surface area contributed by atoms with E-state index >= 15 is 0 Å². The smallest absolute Gasteiger partial charge is 0.295 e. The topological polar surface area (TPSA) is 67.0 Å². The van der Waals surface area contributed by atoms with Gasteiger partial charge >= 0.3 is 0 Å². The van der Waals surface area contributed by atoms with Crippen LogP contribution in [0.15, 0.2) is 42.5 Å². The Morgan fingerprint density at radius 3 is 2.52 bits per heavy atom. The fourth-order valence-corrected chi connectivity index (χ4v) is 3.04. The molecule has 0 aliphatic heterocycles. The normalized spacial score (nSPS) is 12.5. The van der Waals surface area contributed by atoms with Crippen LogP contribution in [0.2, 0.25) is 0 Å². The van der Waals surface area contributed by atoms with E-state index in [2.05, 4.69) is 15.3 Å². The van der Waals surface area contributed by atoms with E-state index in [1.807, 2.05) is 45.0 Å². The zero-order chi connectivity index (χ0) is 21.0. The van der Waals surface area contributed by atoms with Gasteiger partial charge in [-0.05, 0) is 69.5 Å². The maximum absolute atomic E-state index is 12.8. The fourth-order valence-electron chi connectivity index (χ4n) is 3.04. The number of carbonyl (C=O) groups is 1. The highest BCUT2D eigenvalue weighted by Gasteiger charge is 2.15. The first-order valence-electron chi connectivity index (χ1n) is 9.66. The van der Waals surface area contributed by atoms with Crippen LogP contribution < -0.4 is 10.1 Å². The number of benzene rings is 2. The number of halogens is 2. The second-order valence-electron chi connectivity index (χ2n) is 7.38. The summed E-state index contributed by atoms with van der Waals surface area (Å²) < 4.78 is 31.2. The predicted octanol–water partition coefficient (Wildman–Crippen LogP) is 5.04. The fraction of sp³-hybridized carbons (Fsp3) is 0.364. The summed E-state index contributed by atoms with van der Waals surface area (Å²) in [7, 11) is 0. The van der Waals surface area contributed by atoms with E-state index in [9.17, 15) is 13.6 Å². The van der Waals surface area contributed by atoms with Gasteiger partial charge in [-0.25, -0.2) is 13.8 Å². The zero-order valence-electron chi connectivity index (χ0n) is 16.7. The van der Waals surface area contributed by atoms with Gasteiger partial charge < -0.3 is 15.0 Å². The summed E-state index contributed by atoms with van der Waals surface area (Å²) in [6.07, 6.45) is -0.941. The van der Waals surface area contributed by atoms with Crippen molar-refractivity contribution in [2.45, 2.75) is 52.2 Å². The largest absolute Gasteiger partial charge is 0.491 e. The summed E-state index contributed by atoms with van der Waals surface area (Å²) in [6.45, 7) is 5.91. The Morgan fingerprint density at radius 2 is 1.86 bits per heavy atom. The van der Waals surface area contributed by atoms with Crippen LogP contribution >= 0.6 is 0 Å². The third-order valence-electron chi connectivity index (χ3n) is 4.51. The monoisotopic (exact) mass is 401 g/mol. The summed E-state index contributed by atoms with van der Waals surface area (Å²) in [5.74, 6) is 0.207. The van der Waals surface area contributed by atoms with Crippen LogP contribution in [0.4, 0.5) is 8.78 Å². The molecule has 3 rings (SSSR count). The second-order valence-corrected chi connectivity index (χ2v) is 7.38. The molecule has 0 aliphatic rings. The lowest BCUT2D eigenvalue weighted by atomic mass is 10.1. The van der Waals surface area contributed by atoms with Gasteiger partial charge in [-0.1, -0.05) is 12.1 Å². The van der Waals surface area contributed by atoms with Crippen molar-refractivity contribution in [3.8, 4) is 5.75 Å². The van der Waals surface area contributed by atoms with E-state index in [0.29, 0.717) is 16.6 Å². The van der Waals surface area contributed by atoms with Crippen LogP contribution in [-0.4, -0.2) is 28.0 Å². The molecule has 0 bridgehead atoms. The van der Waals surface area contributed by atoms with E-state index in [0.717, 1.165) is 18.6 Å². The molecule has 0 spiro atoms. The average molecular weight is 401 g/mol. The number of hydrogen-bond donors (Lipinski definition) is 2. The van der Waals surface area contributed by atoms with Crippen LogP contribution in [0.25, 0.3) is 11.0 Å². The quantitative estimate of drug-likeness (QED) is 0.556. The van der Waals surface area contributed by atoms with Gasteiger partial charge in [-0.15, -0.1) is 0 Å². The third kappa shape index (κ3) is 5.53. The number of hydrogen-bond acceptors (Lipinski definition) is 3. The Balaban J connectivity index is 1.55. The molecule has 154 valence electrons. The van der Waals surface area contributed by atoms with Crippen molar-refractivity contribution in [3.05, 3.63) is 59.4 Å². The molecule has 0 radical (unpaired) electrons. The number of aromatic amines is 1. The lowest BCUT2D eigenvalue weighted by molar-refractivity contribution is 0.0938. The molecule has 0 saturated heterocycles. The number of ether oxygens (including phenoxy) is 1. The zero-order valence-corrected chi connectivity index (χ0v) is 16.7. The highest BCUT2D eigenvalue weighted by Crippen LogP contribution is 2.21. The van der Waals surface area contributed by atoms with Gasteiger partial charge in [-0.3, -0.25) is 4.79 Å². The average Bonchev–Trinajstić information content (AvgIpc) is 3.10. The van der Waals surface area contributed by atoms with Crippen molar-refractivity contribution in [1.29, 1.82) is 0 Å². The van der Waals surface area contributed by atoms with Gasteiger partial charge in [0.05, 0.1) is 17.1 Å². The van der Waals surface area contributed by atoms with Crippen molar-refractivity contribution in [1.82, 2.24) is 15.3 Å². The van der Waals surface area contributed by atoms with Gasteiger partial charge in [0.2, 0.25) is 0 Å². The lowest BCUT2D eigenvalue weighted by Crippen LogP contribution is -2.32. The number of fused-ring (bicyclic) bond motifs is 1. The van der Waals surface area contributed by atoms with Crippen LogP contribution in [0.3, 0.4) is 0 Å². The van der Waals surface area contributed by atoms with E-state index in [-0.39, 0.29) is 18.1 Å². The molecular weight excluding hydrogens is 376 g/mol. The van der Waals surface area contributed by atoms with Crippen molar-refractivity contribution >= 4 is 16.9 Å². The molecule has 1 aromatic heterocycles. The van der Waals surface area contributed by atoms with E-state index in [1.165, 1.54) is 5.56 Å². The SMILES string of the molecule is CC(CCc1ccc(OC(C)C)cc1)NC(=O)c1ccc2nc(C(F)F)[nH]c2c1. The van der Waals surface area contributed by atoms with Gasteiger partial charge in [0, 0.05) is 11.6 Å². The third-order valence-corrected chi connectivity index (χ3v) is 4.51. The van der Waals surface area contributed by atoms with E-state index in [1.54, 1.807) is 18.2 Å². The second kappa shape index (κ2) is 9.03. The minimum atomic E-state index is -2.68. The molecule has 3 aromatic rings. The molecule has 5 nitrogen and oxygen atoms in total. The molecule has 7 heteroatoms. The van der Waals surface area contributed by atoms with E-state index in [4.69, 9.17) is 4.74 Å². The highest BCUT2D eigenvalue weighted by molar-refractivity contribution is 5.97. The van der Waals surface area contributed by atoms with Crippen molar-refractivity contribution in [3.63, 3.8) is 0 Å². The number of carbonyl (C=O) groups excluding carboxylic acids is 1. The van der Waals surface area contributed by atoms with Gasteiger partial charge in [-0.2, -0.15) is 0 Å². The van der Waals surface area contributed by atoms with Crippen LogP contribution in [0, 0.1) is 0 Å². The van der Waals surface area contributed by atoms with Crippen LogP contribution in [0.1, 0.15) is 55.4 Å². The number of H-pyrrole nitrogens is 1. The van der Waals surface area contributed by atoms with Crippen LogP contribution in [-0.2, 0) is 6.42 Å². The maximum Gasteiger partial charge on any atom is 0.295 e. The number of amides is 1. The number of nitrogens with one attached hydrogen (secondary N) is 2. The lowest BCUT2D eigenvalue weighted by Gasteiger charge is -2.14. The van der Waals surface area contributed by atoms with Crippen molar-refractivity contribution in [2.24, 2.45) is 0 Å². The summed E-state index contributed by atoms with van der Waals surface area (Å²) in [5.41, 5.74) is 2.41. The number of alkyl halides is 2. The number of nitrogens with zero attached hydrogens (tertiary/aromatic N) is 1. The predicted molar refractivity (Wildman–Crippen MR) is 109 cm³/mol. The summed E-state index contributed by atoms with van der Waals surface area (Å²) >= 11 is 0. The molecular formula is C22H25F2N3O2. The Kier molecular flexibility index (Phi) is 6.46. The standard InChI is InChI=1S/C22H25F2N3O2/c1-13(2)29-17-9-6-15(7-10-17)5-4-14(3)25-22(28)16-8-11-18-19(12-16)27-21(26-18)20(23)24/h6-14,20H,4-5H2,1-3H3,(H,25,28)(H,26,27). The molecule has 1 heterocycles. The van der Waals surface area contributed by atoms with Gasteiger partial charge in [0.1, 0.15) is 5.75 Å². The minimum absolute atomic E-state index is 0.0387. The first-order chi connectivity index (χ1) is 13.8. The number of imidazole rings is 1. The molecule has 0 fully saturated rings. The summed E-state index contributed by atoms with van der Waals surface area (Å²) in [6, 6.07) is 12.6. The summed E-state index contributed by atoms with van der Waals surface area (Å²) in [4.78, 5) is 18.9. The minimum Gasteiger partial charge on any atom is -0.491 e. The van der Waals surface area contributed by atoms with Gasteiger partial charge in [0.15, 0.2) is 5.82 Å². The Bertz CT molecular complexity index is 968. The Labute approximate surface area is 168 Å². The van der Waals surface area contributed by atoms with E-state index < -0.39 is 12.2 Å². The molecule has 1 amide bonds. The Morgan fingerprint density at radius 1 is 1.14 bits per heavy atom. The molecule has 2 aromatic carbocycles. The molecule has 1 atom stereocenters. The first kappa shape index (κ1) is 20.8. The molecule has 29 heavy (non-hydrogen) atoms. The van der Waals surface area contributed by atoms with Gasteiger partial charge in [0.25, 0.3) is 12.3 Å². The number of rotatable bonds is 8. The van der Waals surface area contributed by atoms with Crippen molar-refractivity contribution in [2.75, 3.05) is 0 Å². The first-order valence-corrected chi connectivity index (χ1v) is 9.66. The highest BCUT2D eigenvalue weighted by atomic mass is 19.3. The molecule has 1 unspecified atom stereocenters. The van der Waals surface area contributed by atoms with Crippen LogP contribution in [0.5, 0.6) is 5.75 Å². The molecule has 2 N–H and O–H groups in total. The Hall–Kier alpha value is -2.96. The van der Waals surface area contributed by atoms with Crippen molar-refractivity contribution < 1.29 is 18.3 Å². The maximum atomic E-state index is 12.8. The summed E-state index contributed by atoms with van der Waals surface area (Å²) in [5, 5.41) is 2.95. The number of aryl methyl sites for hydroxylation is 1. The molecule has 0 aliphatic carbocycles.